The van der Waals surface area contributed by atoms with Gasteiger partial charge in [-0.05, 0) is 50.9 Å². The van der Waals surface area contributed by atoms with Crippen LogP contribution in [0.25, 0.3) is 0 Å². The maximum absolute atomic E-state index is 9.98. The van der Waals surface area contributed by atoms with Gasteiger partial charge in [-0.2, -0.15) is 0 Å². The molecule has 1 saturated heterocycles. The maximum atomic E-state index is 9.98. The molecule has 0 aromatic heterocycles. The zero-order valence-electron chi connectivity index (χ0n) is 12.1. The normalized spacial score (nSPS) is 37.7. The number of rotatable bonds is 3. The summed E-state index contributed by atoms with van der Waals surface area (Å²) in [5.74, 6) is 1.56. The van der Waals surface area contributed by atoms with Gasteiger partial charge in [0.05, 0.1) is 5.60 Å². The lowest BCUT2D eigenvalue weighted by molar-refractivity contribution is -0.0118. The molecule has 3 atom stereocenters. The SMILES string of the molecule is CCC1CCC(N)C(CN2CCC(C)(O)CC2)C1. The quantitative estimate of drug-likeness (QED) is 0.810. The molecule has 1 aliphatic carbocycles. The molecule has 106 valence electrons. The fourth-order valence-corrected chi connectivity index (χ4v) is 3.51. The number of hydrogen-bond acceptors (Lipinski definition) is 3. The Balaban J connectivity index is 1.81. The lowest BCUT2D eigenvalue weighted by Gasteiger charge is -2.41. The van der Waals surface area contributed by atoms with Gasteiger partial charge in [0.2, 0.25) is 0 Å². The van der Waals surface area contributed by atoms with E-state index in [2.05, 4.69) is 11.8 Å². The molecule has 1 aliphatic heterocycles. The van der Waals surface area contributed by atoms with E-state index in [1.165, 1.54) is 25.7 Å². The van der Waals surface area contributed by atoms with Crippen molar-refractivity contribution in [3.8, 4) is 0 Å². The van der Waals surface area contributed by atoms with Crippen LogP contribution in [0.3, 0.4) is 0 Å². The van der Waals surface area contributed by atoms with Crippen LogP contribution in [0.5, 0.6) is 0 Å². The molecular weight excluding hydrogens is 224 g/mol. The Morgan fingerprint density at radius 3 is 2.56 bits per heavy atom. The highest BCUT2D eigenvalue weighted by molar-refractivity contribution is 4.87. The van der Waals surface area contributed by atoms with Crippen molar-refractivity contribution in [2.24, 2.45) is 17.6 Å². The molecule has 3 heteroatoms. The maximum Gasteiger partial charge on any atom is 0.0644 e. The van der Waals surface area contributed by atoms with Crippen molar-refractivity contribution in [2.45, 2.75) is 64.0 Å². The van der Waals surface area contributed by atoms with Gasteiger partial charge in [-0.1, -0.05) is 13.3 Å². The van der Waals surface area contributed by atoms with Gasteiger partial charge in [0.15, 0.2) is 0 Å². The summed E-state index contributed by atoms with van der Waals surface area (Å²) in [4.78, 5) is 2.51. The summed E-state index contributed by atoms with van der Waals surface area (Å²) < 4.78 is 0. The Hall–Kier alpha value is -0.120. The Labute approximate surface area is 112 Å². The van der Waals surface area contributed by atoms with Gasteiger partial charge in [0, 0.05) is 25.7 Å². The molecule has 3 N–H and O–H groups in total. The van der Waals surface area contributed by atoms with Crippen molar-refractivity contribution in [1.82, 2.24) is 4.90 Å². The van der Waals surface area contributed by atoms with Crippen molar-refractivity contribution in [3.63, 3.8) is 0 Å². The molecule has 18 heavy (non-hydrogen) atoms. The Morgan fingerprint density at radius 2 is 1.94 bits per heavy atom. The lowest BCUT2D eigenvalue weighted by atomic mass is 9.77. The number of aliphatic hydroxyl groups is 1. The standard InChI is InChI=1S/C15H30N2O/c1-3-12-4-5-14(16)13(10-12)11-17-8-6-15(2,18)7-9-17/h12-14,18H,3-11,16H2,1-2H3. The van der Waals surface area contributed by atoms with Crippen LogP contribution in [0.4, 0.5) is 0 Å². The van der Waals surface area contributed by atoms with E-state index < -0.39 is 5.60 Å². The molecule has 3 unspecified atom stereocenters. The van der Waals surface area contributed by atoms with Gasteiger partial charge in [-0.3, -0.25) is 0 Å². The topological polar surface area (TPSA) is 49.5 Å². The molecule has 0 radical (unpaired) electrons. The summed E-state index contributed by atoms with van der Waals surface area (Å²) >= 11 is 0. The van der Waals surface area contributed by atoms with Crippen molar-refractivity contribution < 1.29 is 5.11 Å². The molecule has 0 spiro atoms. The first-order chi connectivity index (χ1) is 8.50. The van der Waals surface area contributed by atoms with E-state index in [4.69, 9.17) is 5.73 Å². The molecule has 0 bridgehead atoms. The lowest BCUT2D eigenvalue weighted by Crippen LogP contribution is -2.48. The molecule has 0 amide bonds. The van der Waals surface area contributed by atoms with Crippen molar-refractivity contribution in [1.29, 1.82) is 0 Å². The monoisotopic (exact) mass is 254 g/mol. The summed E-state index contributed by atoms with van der Waals surface area (Å²) in [5, 5.41) is 9.98. The number of hydrogen-bond donors (Lipinski definition) is 2. The summed E-state index contributed by atoms with van der Waals surface area (Å²) in [6, 6.07) is 0.398. The molecule has 0 aromatic rings. The second-order valence-electron chi connectivity index (χ2n) is 6.81. The smallest absolute Gasteiger partial charge is 0.0644 e. The largest absolute Gasteiger partial charge is 0.390 e. The van der Waals surface area contributed by atoms with Crippen molar-refractivity contribution >= 4 is 0 Å². The Bertz CT molecular complexity index is 257. The first kappa shape index (κ1) is 14.3. The number of likely N-dealkylation sites (tertiary alicyclic amines) is 1. The molecule has 0 aromatic carbocycles. The fraction of sp³-hybridized carbons (Fsp3) is 1.00. The van der Waals surface area contributed by atoms with Crippen LogP contribution >= 0.6 is 0 Å². The van der Waals surface area contributed by atoms with Crippen LogP contribution < -0.4 is 5.73 Å². The number of piperidine rings is 1. The third-order valence-corrected chi connectivity index (χ3v) is 5.15. The van der Waals surface area contributed by atoms with Crippen LogP contribution in [-0.4, -0.2) is 41.3 Å². The highest BCUT2D eigenvalue weighted by Gasteiger charge is 2.32. The summed E-state index contributed by atoms with van der Waals surface area (Å²) in [7, 11) is 0. The van der Waals surface area contributed by atoms with E-state index in [-0.39, 0.29) is 0 Å². The highest BCUT2D eigenvalue weighted by Crippen LogP contribution is 2.32. The molecule has 1 saturated carbocycles. The van der Waals surface area contributed by atoms with E-state index in [1.807, 2.05) is 6.92 Å². The second kappa shape index (κ2) is 5.89. The zero-order chi connectivity index (χ0) is 13.2. The van der Waals surface area contributed by atoms with Crippen LogP contribution in [0.15, 0.2) is 0 Å². The van der Waals surface area contributed by atoms with E-state index in [0.29, 0.717) is 12.0 Å². The van der Waals surface area contributed by atoms with Gasteiger partial charge in [0.1, 0.15) is 0 Å². The second-order valence-corrected chi connectivity index (χ2v) is 6.81. The molecule has 2 fully saturated rings. The third-order valence-electron chi connectivity index (χ3n) is 5.15. The predicted molar refractivity (Wildman–Crippen MR) is 75.4 cm³/mol. The third kappa shape index (κ3) is 3.69. The van der Waals surface area contributed by atoms with Gasteiger partial charge < -0.3 is 15.7 Å². The van der Waals surface area contributed by atoms with Crippen LogP contribution in [-0.2, 0) is 0 Å². The minimum Gasteiger partial charge on any atom is -0.390 e. The molecule has 2 rings (SSSR count). The molecule has 1 heterocycles. The van der Waals surface area contributed by atoms with E-state index in [9.17, 15) is 5.11 Å². The van der Waals surface area contributed by atoms with Gasteiger partial charge >= 0.3 is 0 Å². The summed E-state index contributed by atoms with van der Waals surface area (Å²) in [6.45, 7) is 7.48. The van der Waals surface area contributed by atoms with Gasteiger partial charge in [-0.25, -0.2) is 0 Å². The first-order valence-corrected chi connectivity index (χ1v) is 7.70. The van der Waals surface area contributed by atoms with E-state index in [1.54, 1.807) is 0 Å². The van der Waals surface area contributed by atoms with E-state index in [0.717, 1.165) is 38.4 Å². The first-order valence-electron chi connectivity index (χ1n) is 7.70. The zero-order valence-corrected chi connectivity index (χ0v) is 12.1. The number of nitrogens with two attached hydrogens (primary N) is 1. The Morgan fingerprint density at radius 1 is 1.28 bits per heavy atom. The minimum absolute atomic E-state index is 0.398. The fourth-order valence-electron chi connectivity index (χ4n) is 3.51. The van der Waals surface area contributed by atoms with Crippen LogP contribution in [0.1, 0.15) is 52.4 Å². The minimum atomic E-state index is -0.433. The van der Waals surface area contributed by atoms with Crippen LogP contribution in [0, 0.1) is 11.8 Å². The average Bonchev–Trinajstić information content (AvgIpc) is 2.34. The molecular formula is C15H30N2O. The molecule has 2 aliphatic rings. The van der Waals surface area contributed by atoms with Gasteiger partial charge in [-0.15, -0.1) is 0 Å². The van der Waals surface area contributed by atoms with Crippen LogP contribution in [0.2, 0.25) is 0 Å². The van der Waals surface area contributed by atoms with Crippen molar-refractivity contribution in [2.75, 3.05) is 19.6 Å². The Kier molecular flexibility index (Phi) is 4.68. The predicted octanol–water partition coefficient (Wildman–Crippen LogP) is 1.99. The summed E-state index contributed by atoms with van der Waals surface area (Å²) in [5.41, 5.74) is 5.86. The van der Waals surface area contributed by atoms with E-state index >= 15 is 0 Å². The van der Waals surface area contributed by atoms with Crippen molar-refractivity contribution in [3.05, 3.63) is 0 Å². The number of nitrogens with zero attached hydrogens (tertiary/aromatic N) is 1. The van der Waals surface area contributed by atoms with Gasteiger partial charge in [0.25, 0.3) is 0 Å². The highest BCUT2D eigenvalue weighted by atomic mass is 16.3. The summed E-state index contributed by atoms with van der Waals surface area (Å²) in [6.07, 6.45) is 6.96. The average molecular weight is 254 g/mol. The molecule has 3 nitrogen and oxygen atoms in total.